The lowest BCUT2D eigenvalue weighted by Gasteiger charge is -2.27. The smallest absolute Gasteiger partial charge is 0.288 e. The molecule has 4 nitrogen and oxygen atoms in total. The molecule has 1 aromatic carbocycles. The minimum atomic E-state index is -4.42. The molecule has 0 heterocycles. The Labute approximate surface area is 113 Å². The van der Waals surface area contributed by atoms with Gasteiger partial charge >= 0.3 is 11.9 Å². The first-order chi connectivity index (χ1) is 9.11. The molecule has 0 saturated heterocycles. The lowest BCUT2D eigenvalue weighted by Crippen LogP contribution is -2.38. The Balaban J connectivity index is 3.00. The van der Waals surface area contributed by atoms with Gasteiger partial charge in [0.25, 0.3) is 0 Å². The number of hydrogen-bond donors (Lipinski definition) is 0. The van der Waals surface area contributed by atoms with Gasteiger partial charge in [-0.25, -0.2) is 0 Å². The van der Waals surface area contributed by atoms with Gasteiger partial charge in [0.2, 0.25) is 5.82 Å². The van der Waals surface area contributed by atoms with Gasteiger partial charge in [-0.2, -0.15) is 17.6 Å². The van der Waals surface area contributed by atoms with Crippen molar-refractivity contribution < 1.29 is 22.5 Å². The normalized spacial score (nSPS) is 12.2. The molecule has 0 spiro atoms. The van der Waals surface area contributed by atoms with E-state index in [2.05, 4.69) is 0 Å². The highest BCUT2D eigenvalue weighted by Crippen LogP contribution is 2.24. The second kappa shape index (κ2) is 6.17. The van der Waals surface area contributed by atoms with Crippen molar-refractivity contribution in [3.05, 3.63) is 39.7 Å². The molecular formula is C12H14F4N2O2. The Morgan fingerprint density at radius 3 is 2.40 bits per heavy atom. The summed E-state index contributed by atoms with van der Waals surface area (Å²) in [6.07, 6.45) is -4.42. The third kappa shape index (κ3) is 4.44. The zero-order chi connectivity index (χ0) is 15.5. The molecule has 20 heavy (non-hydrogen) atoms. The molecule has 0 aromatic heterocycles. The predicted octanol–water partition coefficient (Wildman–Crippen LogP) is 3.51. The summed E-state index contributed by atoms with van der Waals surface area (Å²) in [6.45, 7) is 1.54. The quantitative estimate of drug-likeness (QED) is 0.474. The van der Waals surface area contributed by atoms with Crippen LogP contribution in [0.1, 0.15) is 19.4 Å². The fourth-order valence-corrected chi connectivity index (χ4v) is 1.70. The number of halogens is 4. The SMILES string of the molecule is CC(C)N(Cc1cccc([N+](=O)[O-])c1F)CC(F)(F)F. The van der Waals surface area contributed by atoms with E-state index in [1.54, 1.807) is 13.8 Å². The van der Waals surface area contributed by atoms with Gasteiger partial charge < -0.3 is 0 Å². The molecule has 0 amide bonds. The number of rotatable bonds is 5. The van der Waals surface area contributed by atoms with E-state index in [4.69, 9.17) is 0 Å². The van der Waals surface area contributed by atoms with Gasteiger partial charge in [-0.3, -0.25) is 15.0 Å². The van der Waals surface area contributed by atoms with Crippen molar-refractivity contribution in [1.82, 2.24) is 4.90 Å². The maximum absolute atomic E-state index is 13.8. The first-order valence-corrected chi connectivity index (χ1v) is 5.84. The molecule has 8 heteroatoms. The second-order valence-corrected chi connectivity index (χ2v) is 4.62. The first-order valence-electron chi connectivity index (χ1n) is 5.84. The van der Waals surface area contributed by atoms with E-state index in [0.29, 0.717) is 0 Å². The monoisotopic (exact) mass is 294 g/mol. The molecule has 112 valence electrons. The molecule has 0 bridgehead atoms. The standard InChI is InChI=1S/C12H14F4N2O2/c1-8(2)17(7-12(14,15)16)6-9-4-3-5-10(11(9)13)18(19)20/h3-5,8H,6-7H2,1-2H3. The third-order valence-corrected chi connectivity index (χ3v) is 2.74. The van der Waals surface area contributed by atoms with Gasteiger partial charge in [0.15, 0.2) is 0 Å². The van der Waals surface area contributed by atoms with E-state index >= 15 is 0 Å². The molecule has 1 aromatic rings. The third-order valence-electron chi connectivity index (χ3n) is 2.74. The molecule has 0 fully saturated rings. The number of nitro groups is 1. The van der Waals surface area contributed by atoms with E-state index in [1.807, 2.05) is 0 Å². The lowest BCUT2D eigenvalue weighted by molar-refractivity contribution is -0.387. The van der Waals surface area contributed by atoms with Crippen molar-refractivity contribution in [2.24, 2.45) is 0 Å². The molecule has 0 atom stereocenters. The minimum Gasteiger partial charge on any atom is -0.288 e. The van der Waals surface area contributed by atoms with Crippen LogP contribution in [0.2, 0.25) is 0 Å². The van der Waals surface area contributed by atoms with Gasteiger partial charge in [0.05, 0.1) is 11.5 Å². The first kappa shape index (κ1) is 16.4. The lowest BCUT2D eigenvalue weighted by atomic mass is 10.1. The van der Waals surface area contributed by atoms with Crippen molar-refractivity contribution in [2.75, 3.05) is 6.54 Å². The molecule has 0 radical (unpaired) electrons. The minimum absolute atomic E-state index is 0.128. The molecule has 0 saturated carbocycles. The van der Waals surface area contributed by atoms with Crippen molar-refractivity contribution >= 4 is 5.69 Å². The van der Waals surface area contributed by atoms with E-state index < -0.39 is 35.2 Å². The van der Waals surface area contributed by atoms with Crippen molar-refractivity contribution in [2.45, 2.75) is 32.6 Å². The van der Waals surface area contributed by atoms with Crippen molar-refractivity contribution in [3.63, 3.8) is 0 Å². The average molecular weight is 294 g/mol. The fraction of sp³-hybridized carbons (Fsp3) is 0.500. The van der Waals surface area contributed by atoms with Gasteiger partial charge in [0.1, 0.15) is 0 Å². The summed E-state index contributed by atoms with van der Waals surface area (Å²) in [7, 11) is 0. The van der Waals surface area contributed by atoms with Gasteiger partial charge in [-0.15, -0.1) is 0 Å². The number of nitro benzene ring substituents is 1. The van der Waals surface area contributed by atoms with Crippen molar-refractivity contribution in [1.29, 1.82) is 0 Å². The fourth-order valence-electron chi connectivity index (χ4n) is 1.70. The van der Waals surface area contributed by atoms with Crippen LogP contribution in [0.25, 0.3) is 0 Å². The zero-order valence-corrected chi connectivity index (χ0v) is 10.9. The summed E-state index contributed by atoms with van der Waals surface area (Å²) in [6, 6.07) is 2.99. The van der Waals surface area contributed by atoms with Gasteiger partial charge in [-0.1, -0.05) is 12.1 Å². The maximum atomic E-state index is 13.8. The molecule has 0 aliphatic rings. The molecule has 1 rings (SSSR count). The van der Waals surface area contributed by atoms with Gasteiger partial charge in [0, 0.05) is 24.2 Å². The molecular weight excluding hydrogens is 280 g/mol. The van der Waals surface area contributed by atoms with Crippen LogP contribution in [0, 0.1) is 15.9 Å². The van der Waals surface area contributed by atoms with E-state index in [1.165, 1.54) is 12.1 Å². The highest BCUT2D eigenvalue weighted by molar-refractivity contribution is 5.36. The van der Waals surface area contributed by atoms with Crippen LogP contribution in [0.4, 0.5) is 23.2 Å². The number of benzene rings is 1. The highest BCUT2D eigenvalue weighted by Gasteiger charge is 2.32. The predicted molar refractivity (Wildman–Crippen MR) is 64.7 cm³/mol. The van der Waals surface area contributed by atoms with Crippen LogP contribution < -0.4 is 0 Å². The Bertz CT molecular complexity index is 489. The maximum Gasteiger partial charge on any atom is 0.401 e. The summed E-state index contributed by atoms with van der Waals surface area (Å²) in [5.41, 5.74) is -0.865. The summed E-state index contributed by atoms with van der Waals surface area (Å²) in [4.78, 5) is 10.7. The van der Waals surface area contributed by atoms with Crippen LogP contribution in [0.3, 0.4) is 0 Å². The number of nitrogens with zero attached hydrogens (tertiary/aromatic N) is 2. The molecule has 0 unspecified atom stereocenters. The van der Waals surface area contributed by atoms with E-state index in [9.17, 15) is 27.7 Å². The Morgan fingerprint density at radius 2 is 1.95 bits per heavy atom. The second-order valence-electron chi connectivity index (χ2n) is 4.62. The van der Waals surface area contributed by atoms with Crippen LogP contribution in [-0.4, -0.2) is 28.6 Å². The van der Waals surface area contributed by atoms with Crippen molar-refractivity contribution in [3.8, 4) is 0 Å². The molecule has 0 aliphatic carbocycles. The Kier molecular flexibility index (Phi) is 5.04. The number of hydrogen-bond acceptors (Lipinski definition) is 3. The average Bonchev–Trinajstić information content (AvgIpc) is 2.28. The Hall–Kier alpha value is -1.70. The largest absolute Gasteiger partial charge is 0.401 e. The molecule has 0 aliphatic heterocycles. The summed E-state index contributed by atoms with van der Waals surface area (Å²) >= 11 is 0. The van der Waals surface area contributed by atoms with Crippen LogP contribution in [-0.2, 0) is 6.54 Å². The highest BCUT2D eigenvalue weighted by atomic mass is 19.4. The van der Waals surface area contributed by atoms with Gasteiger partial charge in [-0.05, 0) is 13.8 Å². The number of alkyl halides is 3. The Morgan fingerprint density at radius 1 is 1.35 bits per heavy atom. The van der Waals surface area contributed by atoms with Crippen LogP contribution in [0.5, 0.6) is 0 Å². The van der Waals surface area contributed by atoms with Crippen LogP contribution >= 0.6 is 0 Å². The van der Waals surface area contributed by atoms with E-state index in [0.717, 1.165) is 11.0 Å². The van der Waals surface area contributed by atoms with E-state index in [-0.39, 0.29) is 12.1 Å². The summed E-state index contributed by atoms with van der Waals surface area (Å²) < 4.78 is 51.1. The topological polar surface area (TPSA) is 46.4 Å². The summed E-state index contributed by atoms with van der Waals surface area (Å²) in [5.74, 6) is -1.09. The van der Waals surface area contributed by atoms with Crippen LogP contribution in [0.15, 0.2) is 18.2 Å². The zero-order valence-electron chi connectivity index (χ0n) is 10.9. The molecule has 0 N–H and O–H groups in total. The summed E-state index contributed by atoms with van der Waals surface area (Å²) in [5, 5.41) is 10.6.